The Kier molecular flexibility index (Phi) is 4.04. The van der Waals surface area contributed by atoms with Crippen LogP contribution in [0.1, 0.15) is 12.1 Å². The Morgan fingerprint density at radius 3 is 2.75 bits per heavy atom. The van der Waals surface area contributed by atoms with Crippen LogP contribution >= 0.6 is 0 Å². The number of anilines is 1. The van der Waals surface area contributed by atoms with Crippen molar-refractivity contribution in [1.82, 2.24) is 14.8 Å². The fraction of sp³-hybridized carbons (Fsp3) is 0.250. The second-order valence-corrected chi connectivity index (χ2v) is 4.15. The number of nitrogens with zero attached hydrogens (tertiary/aromatic N) is 4. The SMILES string of the molecule is Cc1nn(CCC(=O)Nc2ccncc2)cc1[N+](=O)[O-]. The first-order valence-corrected chi connectivity index (χ1v) is 5.94. The van der Waals surface area contributed by atoms with Crippen LogP contribution in [0.15, 0.2) is 30.7 Å². The summed E-state index contributed by atoms with van der Waals surface area (Å²) in [7, 11) is 0. The molecule has 0 aliphatic heterocycles. The number of amides is 1. The van der Waals surface area contributed by atoms with E-state index in [0.717, 1.165) is 0 Å². The predicted molar refractivity (Wildman–Crippen MR) is 71.1 cm³/mol. The second-order valence-electron chi connectivity index (χ2n) is 4.15. The molecule has 0 fully saturated rings. The number of rotatable bonds is 5. The summed E-state index contributed by atoms with van der Waals surface area (Å²) in [6, 6.07) is 3.36. The van der Waals surface area contributed by atoms with Crippen molar-refractivity contribution in [2.75, 3.05) is 5.32 Å². The van der Waals surface area contributed by atoms with Crippen molar-refractivity contribution < 1.29 is 9.72 Å². The molecule has 1 N–H and O–H groups in total. The number of aromatic nitrogens is 3. The summed E-state index contributed by atoms with van der Waals surface area (Å²) in [5.41, 5.74) is 0.955. The van der Waals surface area contributed by atoms with Crippen LogP contribution in [0.3, 0.4) is 0 Å². The van der Waals surface area contributed by atoms with Crippen molar-refractivity contribution in [2.45, 2.75) is 19.9 Å². The molecule has 2 aromatic heterocycles. The maximum absolute atomic E-state index is 11.7. The van der Waals surface area contributed by atoms with Gasteiger partial charge in [0.15, 0.2) is 0 Å². The van der Waals surface area contributed by atoms with Gasteiger partial charge in [0.05, 0.1) is 4.92 Å². The van der Waals surface area contributed by atoms with E-state index in [4.69, 9.17) is 0 Å². The van der Waals surface area contributed by atoms with Gasteiger partial charge in [0, 0.05) is 31.0 Å². The van der Waals surface area contributed by atoms with E-state index in [2.05, 4.69) is 15.4 Å². The zero-order chi connectivity index (χ0) is 14.5. The van der Waals surface area contributed by atoms with E-state index in [-0.39, 0.29) is 24.6 Å². The minimum Gasteiger partial charge on any atom is -0.326 e. The molecular weight excluding hydrogens is 262 g/mol. The minimum atomic E-state index is -0.490. The molecule has 0 radical (unpaired) electrons. The van der Waals surface area contributed by atoms with E-state index in [1.165, 1.54) is 10.9 Å². The maximum atomic E-state index is 11.7. The highest BCUT2D eigenvalue weighted by atomic mass is 16.6. The number of carbonyl (C=O) groups excluding carboxylic acids is 1. The zero-order valence-corrected chi connectivity index (χ0v) is 10.8. The van der Waals surface area contributed by atoms with Crippen molar-refractivity contribution in [3.63, 3.8) is 0 Å². The van der Waals surface area contributed by atoms with E-state index in [1.807, 2.05) is 0 Å². The summed E-state index contributed by atoms with van der Waals surface area (Å²) in [5, 5.41) is 17.4. The van der Waals surface area contributed by atoms with Gasteiger partial charge in [-0.15, -0.1) is 0 Å². The van der Waals surface area contributed by atoms with Gasteiger partial charge in [-0.25, -0.2) is 0 Å². The first kappa shape index (κ1) is 13.7. The van der Waals surface area contributed by atoms with Gasteiger partial charge in [-0.3, -0.25) is 24.6 Å². The molecule has 0 bridgehead atoms. The fourth-order valence-corrected chi connectivity index (χ4v) is 1.68. The van der Waals surface area contributed by atoms with Crippen molar-refractivity contribution in [1.29, 1.82) is 0 Å². The Morgan fingerprint density at radius 2 is 2.15 bits per heavy atom. The first-order valence-electron chi connectivity index (χ1n) is 5.94. The Hall–Kier alpha value is -2.77. The highest BCUT2D eigenvalue weighted by Gasteiger charge is 2.15. The average molecular weight is 275 g/mol. The highest BCUT2D eigenvalue weighted by Crippen LogP contribution is 2.15. The van der Waals surface area contributed by atoms with Crippen LogP contribution in [0.25, 0.3) is 0 Å². The lowest BCUT2D eigenvalue weighted by molar-refractivity contribution is -0.385. The summed E-state index contributed by atoms with van der Waals surface area (Å²) >= 11 is 0. The van der Waals surface area contributed by atoms with Crippen LogP contribution in [-0.4, -0.2) is 25.6 Å². The van der Waals surface area contributed by atoms with Gasteiger partial charge >= 0.3 is 5.69 Å². The van der Waals surface area contributed by atoms with Crippen LogP contribution in [-0.2, 0) is 11.3 Å². The van der Waals surface area contributed by atoms with Crippen molar-refractivity contribution in [2.24, 2.45) is 0 Å². The average Bonchev–Trinajstić information content (AvgIpc) is 2.79. The van der Waals surface area contributed by atoms with E-state index >= 15 is 0 Å². The number of pyridine rings is 1. The maximum Gasteiger partial charge on any atom is 0.309 e. The summed E-state index contributed by atoms with van der Waals surface area (Å²) in [6.07, 6.45) is 4.67. The van der Waals surface area contributed by atoms with Gasteiger partial charge in [-0.2, -0.15) is 5.10 Å². The van der Waals surface area contributed by atoms with Crippen LogP contribution in [0.5, 0.6) is 0 Å². The highest BCUT2D eigenvalue weighted by molar-refractivity contribution is 5.90. The zero-order valence-electron chi connectivity index (χ0n) is 10.8. The molecule has 2 heterocycles. The molecule has 8 heteroatoms. The third kappa shape index (κ3) is 3.37. The van der Waals surface area contributed by atoms with Gasteiger partial charge in [-0.05, 0) is 19.1 Å². The number of nitrogens with one attached hydrogen (secondary N) is 1. The number of hydrogen-bond donors (Lipinski definition) is 1. The molecule has 104 valence electrons. The van der Waals surface area contributed by atoms with Crippen LogP contribution in [0.2, 0.25) is 0 Å². The molecule has 0 aliphatic carbocycles. The third-order valence-corrected chi connectivity index (χ3v) is 2.65. The molecule has 0 unspecified atom stereocenters. The van der Waals surface area contributed by atoms with Crippen molar-refractivity contribution >= 4 is 17.3 Å². The second kappa shape index (κ2) is 5.91. The van der Waals surface area contributed by atoms with Gasteiger partial charge in [0.1, 0.15) is 11.9 Å². The molecule has 2 rings (SSSR count). The lowest BCUT2D eigenvalue weighted by atomic mass is 10.3. The fourth-order valence-electron chi connectivity index (χ4n) is 1.68. The molecule has 1 amide bonds. The summed E-state index contributed by atoms with van der Waals surface area (Å²) in [6.45, 7) is 1.84. The molecule has 0 spiro atoms. The molecule has 2 aromatic rings. The minimum absolute atomic E-state index is 0.0421. The summed E-state index contributed by atoms with van der Waals surface area (Å²) in [4.78, 5) is 25.7. The van der Waals surface area contributed by atoms with E-state index in [0.29, 0.717) is 11.4 Å². The standard InChI is InChI=1S/C12H13N5O3/c1-9-11(17(19)20)8-16(15-9)7-4-12(18)14-10-2-5-13-6-3-10/h2-3,5-6,8H,4,7H2,1H3,(H,13,14,18). The predicted octanol–water partition coefficient (Wildman–Crippen LogP) is 1.52. The Labute approximate surface area is 114 Å². The Balaban J connectivity index is 1.90. The molecule has 0 saturated carbocycles. The monoisotopic (exact) mass is 275 g/mol. The molecule has 0 aliphatic rings. The van der Waals surface area contributed by atoms with Crippen molar-refractivity contribution in [3.05, 3.63) is 46.5 Å². The van der Waals surface area contributed by atoms with E-state index in [9.17, 15) is 14.9 Å². The summed E-state index contributed by atoms with van der Waals surface area (Å²) in [5.74, 6) is -0.188. The first-order chi connectivity index (χ1) is 9.56. The van der Waals surface area contributed by atoms with E-state index < -0.39 is 4.92 Å². The normalized spacial score (nSPS) is 10.2. The largest absolute Gasteiger partial charge is 0.326 e. The number of hydrogen-bond acceptors (Lipinski definition) is 5. The van der Waals surface area contributed by atoms with E-state index in [1.54, 1.807) is 31.5 Å². The molecule has 20 heavy (non-hydrogen) atoms. The lowest BCUT2D eigenvalue weighted by Gasteiger charge is -2.04. The van der Waals surface area contributed by atoms with Gasteiger partial charge in [0.25, 0.3) is 0 Å². The Bertz CT molecular complexity index is 623. The Morgan fingerprint density at radius 1 is 1.45 bits per heavy atom. The quantitative estimate of drug-likeness (QED) is 0.658. The number of nitro groups is 1. The van der Waals surface area contributed by atoms with Crippen LogP contribution in [0.4, 0.5) is 11.4 Å². The summed E-state index contributed by atoms with van der Waals surface area (Å²) < 4.78 is 1.40. The molecule has 8 nitrogen and oxygen atoms in total. The van der Waals surface area contributed by atoms with Gasteiger partial charge in [-0.1, -0.05) is 0 Å². The third-order valence-electron chi connectivity index (χ3n) is 2.65. The van der Waals surface area contributed by atoms with Gasteiger partial charge < -0.3 is 5.32 Å². The topological polar surface area (TPSA) is 103 Å². The van der Waals surface area contributed by atoms with Crippen molar-refractivity contribution in [3.8, 4) is 0 Å². The van der Waals surface area contributed by atoms with Crippen LogP contribution < -0.4 is 5.32 Å². The molecule has 0 atom stereocenters. The van der Waals surface area contributed by atoms with Gasteiger partial charge in [0.2, 0.25) is 5.91 Å². The molecule has 0 saturated heterocycles. The number of aryl methyl sites for hydroxylation is 2. The van der Waals surface area contributed by atoms with Crippen LogP contribution in [0, 0.1) is 17.0 Å². The number of carbonyl (C=O) groups is 1. The molecule has 0 aromatic carbocycles. The lowest BCUT2D eigenvalue weighted by Crippen LogP contribution is -2.14. The smallest absolute Gasteiger partial charge is 0.309 e. The molecular formula is C12H13N5O3.